The molecule has 0 spiro atoms. The molecule has 102 valence electrons. The maximum atomic E-state index is 5.45. The predicted octanol–water partition coefficient (Wildman–Crippen LogP) is 4.33. The minimum absolute atomic E-state index is 0.312. The van der Waals surface area contributed by atoms with E-state index in [0.717, 1.165) is 16.6 Å². The fraction of sp³-hybridized carbons (Fsp3) is 0.333. The molecule has 0 bridgehead atoms. The van der Waals surface area contributed by atoms with E-state index in [1.54, 1.807) is 18.4 Å². The highest BCUT2D eigenvalue weighted by atomic mass is 79.9. The molecule has 2 rings (SSSR count). The first-order valence-electron chi connectivity index (χ1n) is 6.18. The van der Waals surface area contributed by atoms with E-state index >= 15 is 0 Å². The Kier molecular flexibility index (Phi) is 5.02. The molecule has 0 radical (unpaired) electrons. The van der Waals surface area contributed by atoms with Crippen molar-refractivity contribution in [1.82, 2.24) is 5.32 Å². The zero-order valence-electron chi connectivity index (χ0n) is 11.4. The average Bonchev–Trinajstić information content (AvgIpc) is 2.82. The van der Waals surface area contributed by atoms with E-state index in [-0.39, 0.29) is 0 Å². The molecule has 2 aromatic rings. The first kappa shape index (κ1) is 14.6. The summed E-state index contributed by atoms with van der Waals surface area (Å²) in [5, 5.41) is 5.50. The second-order valence-electron chi connectivity index (χ2n) is 4.53. The molecular formula is C15H18BrNOS. The summed E-state index contributed by atoms with van der Waals surface area (Å²) in [5.41, 5.74) is 2.50. The van der Waals surface area contributed by atoms with Crippen LogP contribution in [0.2, 0.25) is 0 Å². The lowest BCUT2D eigenvalue weighted by atomic mass is 10.0. The highest BCUT2D eigenvalue weighted by molar-refractivity contribution is 9.10. The Balaban J connectivity index is 2.25. The number of rotatable bonds is 5. The third-order valence-electron chi connectivity index (χ3n) is 3.14. The summed E-state index contributed by atoms with van der Waals surface area (Å²) >= 11 is 5.28. The first-order valence-corrected chi connectivity index (χ1v) is 7.86. The Labute approximate surface area is 126 Å². The Bertz CT molecular complexity index is 553. The normalized spacial score (nSPS) is 12.4. The summed E-state index contributed by atoms with van der Waals surface area (Å²) in [5.74, 6) is 0.960. The number of hydrogen-bond acceptors (Lipinski definition) is 3. The fourth-order valence-corrected chi connectivity index (χ4v) is 3.70. The minimum atomic E-state index is 0.312. The van der Waals surface area contributed by atoms with E-state index < -0.39 is 0 Å². The predicted molar refractivity (Wildman–Crippen MR) is 85.3 cm³/mol. The van der Waals surface area contributed by atoms with Gasteiger partial charge in [-0.25, -0.2) is 0 Å². The van der Waals surface area contributed by atoms with Crippen LogP contribution in [0.25, 0.3) is 0 Å². The Morgan fingerprint density at radius 3 is 2.74 bits per heavy atom. The number of halogens is 1. The van der Waals surface area contributed by atoms with Crippen LogP contribution >= 0.6 is 27.3 Å². The smallest absolute Gasteiger partial charge is 0.122 e. The summed E-state index contributed by atoms with van der Waals surface area (Å²) in [4.78, 5) is 1.33. The Hall–Kier alpha value is -0.840. The van der Waals surface area contributed by atoms with Gasteiger partial charge in [0.15, 0.2) is 0 Å². The van der Waals surface area contributed by atoms with E-state index in [0.29, 0.717) is 6.04 Å². The van der Waals surface area contributed by atoms with Crippen LogP contribution in [0.5, 0.6) is 5.75 Å². The van der Waals surface area contributed by atoms with Gasteiger partial charge in [0.1, 0.15) is 5.75 Å². The van der Waals surface area contributed by atoms with Crippen molar-refractivity contribution in [2.75, 3.05) is 14.2 Å². The molecule has 1 N–H and O–H groups in total. The number of ether oxygens (including phenoxy) is 1. The number of benzene rings is 1. The van der Waals surface area contributed by atoms with Crippen molar-refractivity contribution in [3.8, 4) is 5.75 Å². The van der Waals surface area contributed by atoms with Gasteiger partial charge in [0.05, 0.1) is 7.11 Å². The zero-order chi connectivity index (χ0) is 13.8. The Morgan fingerprint density at radius 1 is 1.37 bits per heavy atom. The maximum absolute atomic E-state index is 5.45. The second kappa shape index (κ2) is 6.55. The Morgan fingerprint density at radius 2 is 2.16 bits per heavy atom. The van der Waals surface area contributed by atoms with E-state index in [1.807, 2.05) is 13.1 Å². The summed E-state index contributed by atoms with van der Waals surface area (Å²) in [6.07, 6.45) is 0.925. The van der Waals surface area contributed by atoms with Gasteiger partial charge in [-0.1, -0.05) is 17.7 Å². The minimum Gasteiger partial charge on any atom is -0.496 e. The van der Waals surface area contributed by atoms with Crippen LogP contribution in [0, 0.1) is 6.92 Å². The molecule has 0 aliphatic heterocycles. The van der Waals surface area contributed by atoms with Crippen molar-refractivity contribution in [1.29, 1.82) is 0 Å². The largest absolute Gasteiger partial charge is 0.496 e. The zero-order valence-corrected chi connectivity index (χ0v) is 13.8. The second-order valence-corrected chi connectivity index (χ2v) is 6.39. The van der Waals surface area contributed by atoms with Crippen molar-refractivity contribution in [2.45, 2.75) is 19.4 Å². The monoisotopic (exact) mass is 339 g/mol. The van der Waals surface area contributed by atoms with Gasteiger partial charge in [-0.15, -0.1) is 11.3 Å². The van der Waals surface area contributed by atoms with Crippen LogP contribution in [0.15, 0.2) is 34.1 Å². The molecule has 4 heteroatoms. The first-order chi connectivity index (χ1) is 9.13. The molecule has 2 nitrogen and oxygen atoms in total. The number of hydrogen-bond donors (Lipinski definition) is 1. The van der Waals surface area contributed by atoms with Crippen LogP contribution in [-0.2, 0) is 6.42 Å². The van der Waals surface area contributed by atoms with Crippen LogP contribution in [-0.4, -0.2) is 14.2 Å². The average molecular weight is 340 g/mol. The van der Waals surface area contributed by atoms with E-state index in [9.17, 15) is 0 Å². The van der Waals surface area contributed by atoms with Crippen molar-refractivity contribution >= 4 is 27.3 Å². The standard InChI is InChI=1S/C15H18BrNOS/c1-10-4-5-14(18-3)11(6-10)7-13(17-2)15-8-12(16)9-19-15/h4-6,8-9,13,17H,7H2,1-3H3. The van der Waals surface area contributed by atoms with Gasteiger partial charge in [-0.05, 0) is 54.0 Å². The summed E-state index contributed by atoms with van der Waals surface area (Å²) in [7, 11) is 3.73. The van der Waals surface area contributed by atoms with Crippen molar-refractivity contribution < 1.29 is 4.74 Å². The summed E-state index contributed by atoms with van der Waals surface area (Å²) in [6.45, 7) is 2.11. The molecule has 1 heterocycles. The third-order valence-corrected chi connectivity index (χ3v) is 4.95. The topological polar surface area (TPSA) is 21.3 Å². The molecule has 0 saturated heterocycles. The number of aryl methyl sites for hydroxylation is 1. The van der Waals surface area contributed by atoms with Crippen molar-refractivity contribution in [2.24, 2.45) is 0 Å². The fourth-order valence-electron chi connectivity index (χ4n) is 2.14. The molecule has 1 aromatic carbocycles. The molecule has 0 fully saturated rings. The van der Waals surface area contributed by atoms with E-state index in [2.05, 4.69) is 51.7 Å². The van der Waals surface area contributed by atoms with Crippen LogP contribution in [0.3, 0.4) is 0 Å². The lowest BCUT2D eigenvalue weighted by molar-refractivity contribution is 0.406. The van der Waals surface area contributed by atoms with Crippen LogP contribution in [0.1, 0.15) is 22.0 Å². The van der Waals surface area contributed by atoms with Gasteiger partial charge in [-0.3, -0.25) is 0 Å². The molecular weight excluding hydrogens is 322 g/mol. The van der Waals surface area contributed by atoms with Gasteiger partial charge in [0.2, 0.25) is 0 Å². The highest BCUT2D eigenvalue weighted by Crippen LogP contribution is 2.30. The lowest BCUT2D eigenvalue weighted by Gasteiger charge is -2.17. The molecule has 1 unspecified atom stereocenters. The molecule has 0 aliphatic rings. The lowest BCUT2D eigenvalue weighted by Crippen LogP contribution is -2.18. The quantitative estimate of drug-likeness (QED) is 0.875. The highest BCUT2D eigenvalue weighted by Gasteiger charge is 2.15. The van der Waals surface area contributed by atoms with Gasteiger partial charge >= 0.3 is 0 Å². The molecule has 1 aromatic heterocycles. The van der Waals surface area contributed by atoms with Crippen LogP contribution < -0.4 is 10.1 Å². The number of likely N-dealkylation sites (N-methyl/N-ethyl adjacent to an activating group) is 1. The molecule has 0 aliphatic carbocycles. The SMILES string of the molecule is CNC(Cc1cc(C)ccc1OC)c1cc(Br)cs1. The van der Waals surface area contributed by atoms with Crippen LogP contribution in [0.4, 0.5) is 0 Å². The van der Waals surface area contributed by atoms with Gasteiger partial charge in [0, 0.05) is 20.8 Å². The number of methoxy groups -OCH3 is 1. The molecule has 0 saturated carbocycles. The summed E-state index contributed by atoms with van der Waals surface area (Å²) in [6, 6.07) is 8.81. The maximum Gasteiger partial charge on any atom is 0.122 e. The number of nitrogens with one attached hydrogen (secondary N) is 1. The van der Waals surface area contributed by atoms with E-state index in [1.165, 1.54) is 16.0 Å². The number of thiophene rings is 1. The molecule has 19 heavy (non-hydrogen) atoms. The molecule has 1 atom stereocenters. The van der Waals surface area contributed by atoms with Gasteiger partial charge in [-0.2, -0.15) is 0 Å². The van der Waals surface area contributed by atoms with Gasteiger partial charge in [0.25, 0.3) is 0 Å². The van der Waals surface area contributed by atoms with Gasteiger partial charge < -0.3 is 10.1 Å². The van der Waals surface area contributed by atoms with Crippen molar-refractivity contribution in [3.63, 3.8) is 0 Å². The summed E-state index contributed by atoms with van der Waals surface area (Å²) < 4.78 is 6.60. The van der Waals surface area contributed by atoms with Crippen molar-refractivity contribution in [3.05, 3.63) is 50.1 Å². The molecule has 0 amide bonds. The third kappa shape index (κ3) is 3.59. The van der Waals surface area contributed by atoms with E-state index in [4.69, 9.17) is 4.74 Å².